The smallest absolute Gasteiger partial charge is 0.119 e. The van der Waals surface area contributed by atoms with Crippen LogP contribution in [0.1, 0.15) is 12.5 Å². The van der Waals surface area contributed by atoms with Gasteiger partial charge in [0.25, 0.3) is 0 Å². The quantitative estimate of drug-likeness (QED) is 0.738. The summed E-state index contributed by atoms with van der Waals surface area (Å²) in [7, 11) is 0. The normalized spacial score (nSPS) is 12.5. The highest BCUT2D eigenvalue weighted by Gasteiger charge is 2.02. The van der Waals surface area contributed by atoms with Crippen molar-refractivity contribution < 1.29 is 14.9 Å². The summed E-state index contributed by atoms with van der Waals surface area (Å²) in [5.41, 5.74) is 1.20. The first-order valence-electron chi connectivity index (χ1n) is 4.77. The third-order valence-corrected chi connectivity index (χ3v) is 1.96. The Morgan fingerprint density at radius 1 is 1.43 bits per heavy atom. The molecule has 14 heavy (non-hydrogen) atoms. The Labute approximate surface area is 84.0 Å². The van der Waals surface area contributed by atoms with Gasteiger partial charge in [0, 0.05) is 0 Å². The number of hydrogen-bond donors (Lipinski definition) is 2. The van der Waals surface area contributed by atoms with Crippen molar-refractivity contribution >= 4 is 0 Å². The molecule has 0 heterocycles. The van der Waals surface area contributed by atoms with Crippen molar-refractivity contribution in [2.75, 3.05) is 13.2 Å². The van der Waals surface area contributed by atoms with E-state index in [0.717, 1.165) is 12.2 Å². The molecule has 0 aliphatic carbocycles. The fourth-order valence-corrected chi connectivity index (χ4v) is 1.10. The van der Waals surface area contributed by atoms with Gasteiger partial charge in [-0.1, -0.05) is 19.1 Å². The molecule has 3 heteroatoms. The molecule has 0 radical (unpaired) electrons. The summed E-state index contributed by atoms with van der Waals surface area (Å²) in [5.74, 6) is 0.733. The van der Waals surface area contributed by atoms with Crippen LogP contribution in [0.5, 0.6) is 5.75 Å². The average molecular weight is 196 g/mol. The lowest BCUT2D eigenvalue weighted by Crippen LogP contribution is -2.21. The first-order valence-corrected chi connectivity index (χ1v) is 4.77. The molecule has 2 N–H and O–H groups in total. The highest BCUT2D eigenvalue weighted by Crippen LogP contribution is 2.13. The van der Waals surface area contributed by atoms with Gasteiger partial charge in [0.2, 0.25) is 0 Å². The van der Waals surface area contributed by atoms with Crippen molar-refractivity contribution in [1.29, 1.82) is 0 Å². The van der Waals surface area contributed by atoms with Crippen molar-refractivity contribution in [3.63, 3.8) is 0 Å². The van der Waals surface area contributed by atoms with Gasteiger partial charge in [0.15, 0.2) is 0 Å². The fraction of sp³-hybridized carbons (Fsp3) is 0.455. The lowest BCUT2D eigenvalue weighted by Gasteiger charge is -2.10. The Bertz CT molecular complexity index is 273. The maximum atomic E-state index is 9.07. The molecule has 0 saturated heterocycles. The van der Waals surface area contributed by atoms with Crippen LogP contribution in [0.3, 0.4) is 0 Å². The van der Waals surface area contributed by atoms with Crippen LogP contribution in [0, 0.1) is 0 Å². The topological polar surface area (TPSA) is 49.7 Å². The predicted octanol–water partition coefficient (Wildman–Crippen LogP) is 0.981. The molecule has 1 rings (SSSR count). The Hall–Kier alpha value is -1.06. The van der Waals surface area contributed by atoms with Crippen LogP contribution in [0.25, 0.3) is 0 Å². The number of benzene rings is 1. The summed E-state index contributed by atoms with van der Waals surface area (Å²) in [6.45, 7) is 1.93. The maximum Gasteiger partial charge on any atom is 0.119 e. The van der Waals surface area contributed by atoms with Crippen LogP contribution in [-0.2, 0) is 6.42 Å². The zero-order valence-electron chi connectivity index (χ0n) is 8.31. The second-order valence-electron chi connectivity index (χ2n) is 3.15. The maximum absolute atomic E-state index is 9.07. The third-order valence-electron chi connectivity index (χ3n) is 1.96. The molecule has 0 saturated carbocycles. The second kappa shape index (κ2) is 5.62. The van der Waals surface area contributed by atoms with Crippen LogP contribution in [-0.4, -0.2) is 29.5 Å². The minimum absolute atomic E-state index is 0.129. The molecule has 1 aromatic rings. The van der Waals surface area contributed by atoms with Crippen molar-refractivity contribution in [2.45, 2.75) is 19.4 Å². The van der Waals surface area contributed by atoms with E-state index in [1.54, 1.807) is 0 Å². The molecule has 1 unspecified atom stereocenters. The van der Waals surface area contributed by atoms with E-state index in [2.05, 4.69) is 6.92 Å². The molecular formula is C11H16O3. The monoisotopic (exact) mass is 196 g/mol. The molecule has 1 aromatic carbocycles. The van der Waals surface area contributed by atoms with Gasteiger partial charge in [-0.15, -0.1) is 0 Å². The van der Waals surface area contributed by atoms with E-state index < -0.39 is 6.10 Å². The van der Waals surface area contributed by atoms with E-state index in [1.165, 1.54) is 5.56 Å². The summed E-state index contributed by atoms with van der Waals surface area (Å²) in [6, 6.07) is 7.71. The minimum atomic E-state index is -0.805. The van der Waals surface area contributed by atoms with Crippen LogP contribution in [0.2, 0.25) is 0 Å². The van der Waals surface area contributed by atoms with E-state index in [-0.39, 0.29) is 13.2 Å². The predicted molar refractivity (Wildman–Crippen MR) is 54.4 cm³/mol. The molecule has 0 aliphatic heterocycles. The Kier molecular flexibility index (Phi) is 4.43. The van der Waals surface area contributed by atoms with Gasteiger partial charge in [-0.05, 0) is 24.1 Å². The summed E-state index contributed by atoms with van der Waals surface area (Å²) in [4.78, 5) is 0. The highest BCUT2D eigenvalue weighted by molar-refractivity contribution is 5.28. The zero-order valence-corrected chi connectivity index (χ0v) is 8.31. The van der Waals surface area contributed by atoms with Crippen LogP contribution in [0.4, 0.5) is 0 Å². The Morgan fingerprint density at radius 2 is 2.21 bits per heavy atom. The van der Waals surface area contributed by atoms with Gasteiger partial charge in [-0.25, -0.2) is 0 Å². The van der Waals surface area contributed by atoms with Gasteiger partial charge in [-0.3, -0.25) is 0 Å². The molecule has 3 nitrogen and oxygen atoms in total. The Balaban J connectivity index is 2.50. The highest BCUT2D eigenvalue weighted by atomic mass is 16.5. The molecular weight excluding hydrogens is 180 g/mol. The molecule has 0 fully saturated rings. The van der Waals surface area contributed by atoms with Crippen LogP contribution < -0.4 is 4.74 Å². The molecule has 0 amide bonds. The van der Waals surface area contributed by atoms with Gasteiger partial charge >= 0.3 is 0 Å². The van der Waals surface area contributed by atoms with E-state index in [1.807, 2.05) is 24.3 Å². The molecule has 1 atom stereocenters. The molecule has 78 valence electrons. The number of ether oxygens (including phenoxy) is 1. The van der Waals surface area contributed by atoms with E-state index >= 15 is 0 Å². The van der Waals surface area contributed by atoms with Gasteiger partial charge < -0.3 is 14.9 Å². The number of aliphatic hydroxyl groups excluding tert-OH is 2. The largest absolute Gasteiger partial charge is 0.491 e. The van der Waals surface area contributed by atoms with E-state index in [4.69, 9.17) is 14.9 Å². The summed E-state index contributed by atoms with van der Waals surface area (Å²) < 4.78 is 5.29. The summed E-state index contributed by atoms with van der Waals surface area (Å²) in [5, 5.41) is 17.7. The molecule has 0 aliphatic rings. The molecule has 0 spiro atoms. The third kappa shape index (κ3) is 3.36. The first-order chi connectivity index (χ1) is 6.76. The average Bonchev–Trinajstić information content (AvgIpc) is 2.26. The summed E-state index contributed by atoms with van der Waals surface area (Å²) >= 11 is 0. The molecule has 0 bridgehead atoms. The summed E-state index contributed by atoms with van der Waals surface area (Å²) in [6.07, 6.45) is 0.153. The SMILES string of the molecule is CCc1cccc(OCC(O)CO)c1. The van der Waals surface area contributed by atoms with Gasteiger partial charge in [-0.2, -0.15) is 0 Å². The lowest BCUT2D eigenvalue weighted by atomic mass is 10.2. The van der Waals surface area contributed by atoms with E-state index in [0.29, 0.717) is 0 Å². The van der Waals surface area contributed by atoms with Gasteiger partial charge in [0.05, 0.1) is 6.61 Å². The second-order valence-corrected chi connectivity index (χ2v) is 3.15. The van der Waals surface area contributed by atoms with E-state index in [9.17, 15) is 0 Å². The Morgan fingerprint density at radius 3 is 2.86 bits per heavy atom. The number of aliphatic hydroxyl groups is 2. The first kappa shape index (κ1) is 11.0. The van der Waals surface area contributed by atoms with Crippen molar-refractivity contribution in [3.05, 3.63) is 29.8 Å². The molecule has 0 aromatic heterocycles. The zero-order chi connectivity index (χ0) is 10.4. The van der Waals surface area contributed by atoms with Crippen molar-refractivity contribution in [3.8, 4) is 5.75 Å². The number of rotatable bonds is 5. The van der Waals surface area contributed by atoms with Crippen molar-refractivity contribution in [1.82, 2.24) is 0 Å². The number of hydrogen-bond acceptors (Lipinski definition) is 3. The van der Waals surface area contributed by atoms with Crippen LogP contribution >= 0.6 is 0 Å². The standard InChI is InChI=1S/C11H16O3/c1-2-9-4-3-5-11(6-9)14-8-10(13)7-12/h3-6,10,12-13H,2,7-8H2,1H3. The number of aryl methyl sites for hydroxylation is 1. The van der Waals surface area contributed by atoms with Crippen molar-refractivity contribution in [2.24, 2.45) is 0 Å². The van der Waals surface area contributed by atoms with Crippen LogP contribution in [0.15, 0.2) is 24.3 Å². The fourth-order valence-electron chi connectivity index (χ4n) is 1.10. The van der Waals surface area contributed by atoms with Gasteiger partial charge in [0.1, 0.15) is 18.5 Å². The lowest BCUT2D eigenvalue weighted by molar-refractivity contribution is 0.0536. The minimum Gasteiger partial charge on any atom is -0.491 e.